The molecule has 5 nitrogen and oxygen atoms in total. The molecule has 11 heavy (non-hydrogen) atoms. The van der Waals surface area contributed by atoms with Crippen LogP contribution in [0.4, 0.5) is 0 Å². The van der Waals surface area contributed by atoms with Gasteiger partial charge in [-0.1, -0.05) is 0 Å². The van der Waals surface area contributed by atoms with Crippen molar-refractivity contribution >= 4 is 15.5 Å². The van der Waals surface area contributed by atoms with Gasteiger partial charge in [0, 0.05) is 0 Å². The summed E-state index contributed by atoms with van der Waals surface area (Å²) >= 11 is -1.28. The molecule has 0 atom stereocenters. The van der Waals surface area contributed by atoms with E-state index in [1.54, 1.807) is 7.11 Å². The number of methoxy groups -OCH3 is 1. The third-order valence-corrected chi connectivity index (χ3v) is 1.06. The van der Waals surface area contributed by atoms with Crippen LogP contribution in [0, 0.1) is 0 Å². The molecule has 64 valence electrons. The van der Waals surface area contributed by atoms with Crippen LogP contribution in [-0.2, 0) is 22.1 Å². The van der Waals surface area contributed by atoms with Gasteiger partial charge in [0.1, 0.15) is 0 Å². The van der Waals surface area contributed by atoms with E-state index in [-0.39, 0.29) is 0 Å². The number of hydrogen-bond donors (Lipinski definition) is 0. The van der Waals surface area contributed by atoms with E-state index < -0.39 is 15.5 Å². The van der Waals surface area contributed by atoms with Gasteiger partial charge in [-0.3, -0.25) is 0 Å². The average Bonchev–Trinajstić information content (AvgIpc) is 2.03. The van der Waals surface area contributed by atoms with Gasteiger partial charge in [-0.2, -0.15) is 0 Å². The maximum absolute atomic E-state index is 9.74. The van der Waals surface area contributed by atoms with E-state index in [2.05, 4.69) is 8.83 Å². The SMILES string of the molecule is COCCOCCO[O][Al]=[O]. The van der Waals surface area contributed by atoms with Crippen LogP contribution in [0.2, 0.25) is 0 Å². The molecule has 0 aromatic heterocycles. The van der Waals surface area contributed by atoms with Crippen molar-refractivity contribution < 1.29 is 22.1 Å². The van der Waals surface area contributed by atoms with E-state index in [1.165, 1.54) is 0 Å². The summed E-state index contributed by atoms with van der Waals surface area (Å²) in [6, 6.07) is 0. The van der Waals surface area contributed by atoms with E-state index >= 15 is 0 Å². The quantitative estimate of drug-likeness (QED) is 0.218. The van der Waals surface area contributed by atoms with Gasteiger partial charge in [-0.15, -0.1) is 0 Å². The third kappa shape index (κ3) is 10.0. The van der Waals surface area contributed by atoms with Crippen LogP contribution in [-0.4, -0.2) is 49.0 Å². The summed E-state index contributed by atoms with van der Waals surface area (Å²) in [5.74, 6) is 0. The summed E-state index contributed by atoms with van der Waals surface area (Å²) in [6.07, 6.45) is 0. The zero-order valence-electron chi connectivity index (χ0n) is 6.45. The van der Waals surface area contributed by atoms with Crippen LogP contribution in [0.1, 0.15) is 0 Å². The summed E-state index contributed by atoms with van der Waals surface area (Å²) < 4.78 is 23.6. The van der Waals surface area contributed by atoms with Gasteiger partial charge in [0.15, 0.2) is 0 Å². The molecule has 0 saturated carbocycles. The predicted molar refractivity (Wildman–Crippen MR) is 36.2 cm³/mol. The Kier molecular flexibility index (Phi) is 10.0. The summed E-state index contributed by atoms with van der Waals surface area (Å²) in [7, 11) is 1.60. The van der Waals surface area contributed by atoms with Crippen molar-refractivity contribution in [2.75, 3.05) is 33.5 Å². The van der Waals surface area contributed by atoms with Crippen LogP contribution >= 0.6 is 0 Å². The molecule has 0 saturated heterocycles. The van der Waals surface area contributed by atoms with Gasteiger partial charge in [-0.25, -0.2) is 0 Å². The van der Waals surface area contributed by atoms with Crippen LogP contribution in [0.5, 0.6) is 0 Å². The molecule has 0 N–H and O–H groups in total. The van der Waals surface area contributed by atoms with Crippen molar-refractivity contribution in [3.05, 3.63) is 0 Å². The monoisotopic (exact) mass is 178 g/mol. The van der Waals surface area contributed by atoms with Gasteiger partial charge >= 0.3 is 71.1 Å². The second-order valence-electron chi connectivity index (χ2n) is 1.62. The predicted octanol–water partition coefficient (Wildman–Crippen LogP) is -0.438. The summed E-state index contributed by atoms with van der Waals surface area (Å²) in [5.41, 5.74) is 0. The van der Waals surface area contributed by atoms with Crippen LogP contribution in [0.25, 0.3) is 0 Å². The molecule has 0 aliphatic rings. The van der Waals surface area contributed by atoms with Crippen molar-refractivity contribution in [1.82, 2.24) is 0 Å². The van der Waals surface area contributed by atoms with Crippen molar-refractivity contribution in [3.63, 3.8) is 0 Å². The summed E-state index contributed by atoms with van der Waals surface area (Å²) in [4.78, 5) is 4.42. The molecule has 0 aromatic carbocycles. The van der Waals surface area contributed by atoms with E-state index in [0.717, 1.165) is 0 Å². The Morgan fingerprint density at radius 1 is 1.18 bits per heavy atom. The Morgan fingerprint density at radius 2 is 1.91 bits per heavy atom. The van der Waals surface area contributed by atoms with E-state index in [0.29, 0.717) is 26.4 Å². The van der Waals surface area contributed by atoms with Crippen LogP contribution in [0.15, 0.2) is 0 Å². The Hall–Kier alpha value is 0.0125. The molecule has 0 aliphatic heterocycles. The number of hydrogen-bond acceptors (Lipinski definition) is 5. The first kappa shape index (κ1) is 11.0. The molecule has 0 amide bonds. The van der Waals surface area contributed by atoms with Crippen molar-refractivity contribution in [2.24, 2.45) is 0 Å². The first-order valence-electron chi connectivity index (χ1n) is 3.20. The summed E-state index contributed by atoms with van der Waals surface area (Å²) in [6.45, 7) is 1.81. The maximum atomic E-state index is 9.74. The van der Waals surface area contributed by atoms with Gasteiger partial charge in [0.2, 0.25) is 0 Å². The molecule has 0 aromatic rings. The molecule has 0 heterocycles. The van der Waals surface area contributed by atoms with Crippen molar-refractivity contribution in [2.45, 2.75) is 0 Å². The minimum atomic E-state index is -1.28. The molecule has 0 radical (unpaired) electrons. The van der Waals surface area contributed by atoms with Gasteiger partial charge in [0.05, 0.1) is 0 Å². The van der Waals surface area contributed by atoms with Gasteiger partial charge in [-0.05, 0) is 0 Å². The minimum absolute atomic E-state index is 0.291. The normalized spacial score (nSPS) is 9.18. The standard InChI is InChI=1S/C5H12O4.Al.O/c1-7-2-3-8-4-5-9-6;;/h6H,2-5H2,1H3;;/q;+1;/p-1. The fourth-order valence-corrected chi connectivity index (χ4v) is 0.565. The summed E-state index contributed by atoms with van der Waals surface area (Å²) in [5, 5.41) is 0. The Balaban J connectivity index is 2.74. The average molecular weight is 178 g/mol. The molecular weight excluding hydrogens is 167 g/mol. The number of rotatable bonds is 8. The van der Waals surface area contributed by atoms with Crippen LogP contribution < -0.4 is 0 Å². The molecule has 0 bridgehead atoms. The first-order valence-corrected chi connectivity index (χ1v) is 4.14. The Labute approximate surface area is 71.8 Å². The molecule has 0 aliphatic carbocycles. The van der Waals surface area contributed by atoms with Crippen molar-refractivity contribution in [3.8, 4) is 0 Å². The zero-order valence-corrected chi connectivity index (χ0v) is 7.60. The second kappa shape index (κ2) is 10.0. The molecule has 0 spiro atoms. The molecular formula is C5H11AlO5. The fraction of sp³-hybridized carbons (Fsp3) is 1.00. The molecule has 0 rings (SSSR count). The number of ether oxygens (including phenoxy) is 2. The molecule has 0 fully saturated rings. The topological polar surface area (TPSA) is 54.0 Å². The Bertz CT molecular complexity index is 88.9. The van der Waals surface area contributed by atoms with Gasteiger partial charge < -0.3 is 0 Å². The zero-order chi connectivity index (χ0) is 8.36. The fourth-order valence-electron chi connectivity index (χ4n) is 0.413. The molecule has 6 heteroatoms. The third-order valence-electron chi connectivity index (χ3n) is 0.850. The van der Waals surface area contributed by atoms with E-state index in [9.17, 15) is 3.80 Å². The van der Waals surface area contributed by atoms with E-state index in [1.807, 2.05) is 0 Å². The second-order valence-corrected chi connectivity index (χ2v) is 2.00. The molecule has 0 unspecified atom stereocenters. The van der Waals surface area contributed by atoms with E-state index in [4.69, 9.17) is 9.47 Å². The van der Waals surface area contributed by atoms with Crippen molar-refractivity contribution in [1.29, 1.82) is 0 Å². The Morgan fingerprint density at radius 3 is 2.55 bits per heavy atom. The first-order chi connectivity index (χ1) is 5.41. The van der Waals surface area contributed by atoms with Crippen LogP contribution in [0.3, 0.4) is 0 Å². The van der Waals surface area contributed by atoms with Gasteiger partial charge in [0.25, 0.3) is 0 Å².